The summed E-state index contributed by atoms with van der Waals surface area (Å²) in [5.74, 6) is 5.80. The molecule has 2 aliphatic carbocycles. The summed E-state index contributed by atoms with van der Waals surface area (Å²) in [6.07, 6.45) is 11.8. The van der Waals surface area contributed by atoms with E-state index in [1.165, 1.54) is 62.2 Å². The van der Waals surface area contributed by atoms with E-state index in [0.717, 1.165) is 5.92 Å². The third kappa shape index (κ3) is 2.81. The molecule has 0 N–H and O–H groups in total. The first-order valence-electron chi connectivity index (χ1n) is 7.79. The van der Waals surface area contributed by atoms with Crippen molar-refractivity contribution >= 4 is 0 Å². The molecule has 0 aromatic heterocycles. The van der Waals surface area contributed by atoms with Crippen molar-refractivity contribution in [2.75, 3.05) is 0 Å². The number of unbranched alkanes of at least 4 members (excludes halogenated alkanes) is 3. The largest absolute Gasteiger partial charge is 0.0654 e. The summed E-state index contributed by atoms with van der Waals surface area (Å²) >= 11 is 0. The van der Waals surface area contributed by atoms with Crippen LogP contribution in [0.4, 0.5) is 0 Å². The first-order valence-corrected chi connectivity index (χ1v) is 7.79. The van der Waals surface area contributed by atoms with Crippen molar-refractivity contribution in [3.63, 3.8) is 0 Å². The number of hydrogen-bond acceptors (Lipinski definition) is 0. The van der Waals surface area contributed by atoms with E-state index in [-0.39, 0.29) is 0 Å². The highest BCUT2D eigenvalue weighted by Crippen LogP contribution is 2.76. The van der Waals surface area contributed by atoms with Crippen LogP contribution in [0.5, 0.6) is 0 Å². The van der Waals surface area contributed by atoms with Crippen molar-refractivity contribution < 1.29 is 0 Å². The Hall–Kier alpha value is 0. The predicted octanol–water partition coefficient (Wildman–Crippen LogP) is 5.28. The quantitative estimate of drug-likeness (QED) is 0.466. The van der Waals surface area contributed by atoms with Gasteiger partial charge in [-0.15, -0.1) is 0 Å². The molecular formula is C16H30. The molecule has 3 atom stereocenters. The molecular weight excluding hydrogens is 192 g/mol. The van der Waals surface area contributed by atoms with Gasteiger partial charge in [-0.05, 0) is 42.4 Å². The van der Waals surface area contributed by atoms with Crippen molar-refractivity contribution in [1.29, 1.82) is 0 Å². The lowest BCUT2D eigenvalue weighted by atomic mass is 9.90. The smallest absolute Gasteiger partial charge is 0.0318 e. The second-order valence-electron chi connectivity index (χ2n) is 6.46. The van der Waals surface area contributed by atoms with Crippen molar-refractivity contribution in [3.05, 3.63) is 0 Å². The third-order valence-electron chi connectivity index (χ3n) is 5.01. The molecule has 94 valence electrons. The van der Waals surface area contributed by atoms with Crippen LogP contribution in [0.15, 0.2) is 0 Å². The van der Waals surface area contributed by atoms with Crippen LogP contribution in [-0.4, -0.2) is 0 Å². The van der Waals surface area contributed by atoms with Gasteiger partial charge in [0.15, 0.2) is 0 Å². The van der Waals surface area contributed by atoms with Crippen LogP contribution in [0.25, 0.3) is 0 Å². The minimum absolute atomic E-state index is 1.01. The van der Waals surface area contributed by atoms with Crippen molar-refractivity contribution in [2.45, 2.75) is 72.1 Å². The van der Waals surface area contributed by atoms with E-state index in [2.05, 4.69) is 20.8 Å². The Morgan fingerprint density at radius 3 is 2.19 bits per heavy atom. The van der Waals surface area contributed by atoms with E-state index < -0.39 is 0 Å². The minimum atomic E-state index is 1.01. The van der Waals surface area contributed by atoms with Crippen molar-refractivity contribution in [3.8, 4) is 0 Å². The van der Waals surface area contributed by atoms with Gasteiger partial charge in [-0.2, -0.15) is 0 Å². The Labute approximate surface area is 102 Å². The van der Waals surface area contributed by atoms with Crippen molar-refractivity contribution in [1.82, 2.24) is 0 Å². The molecule has 0 aromatic carbocycles. The molecule has 3 unspecified atom stereocenters. The molecule has 2 rings (SSSR count). The summed E-state index contributed by atoms with van der Waals surface area (Å²) in [6, 6.07) is 0. The van der Waals surface area contributed by atoms with E-state index in [9.17, 15) is 0 Å². The summed E-state index contributed by atoms with van der Waals surface area (Å²) in [4.78, 5) is 0. The van der Waals surface area contributed by atoms with Gasteiger partial charge in [0.2, 0.25) is 0 Å². The van der Waals surface area contributed by atoms with E-state index in [1.807, 2.05) is 0 Å². The molecule has 0 spiro atoms. The van der Waals surface area contributed by atoms with Crippen LogP contribution >= 0.6 is 0 Å². The molecule has 0 aromatic rings. The maximum Gasteiger partial charge on any atom is -0.0318 e. The fraction of sp³-hybridized carbons (Fsp3) is 1.00. The van der Waals surface area contributed by atoms with Crippen LogP contribution in [-0.2, 0) is 0 Å². The highest BCUT2D eigenvalue weighted by Gasteiger charge is 2.71. The van der Waals surface area contributed by atoms with Crippen LogP contribution in [0.2, 0.25) is 0 Å². The van der Waals surface area contributed by atoms with Crippen LogP contribution in [0, 0.1) is 29.6 Å². The van der Waals surface area contributed by atoms with Crippen LogP contribution < -0.4 is 0 Å². The van der Waals surface area contributed by atoms with E-state index in [4.69, 9.17) is 0 Å². The van der Waals surface area contributed by atoms with Crippen LogP contribution in [0.1, 0.15) is 72.1 Å². The molecule has 2 aliphatic rings. The molecule has 0 amide bonds. The van der Waals surface area contributed by atoms with E-state index in [1.54, 1.807) is 12.8 Å². The summed E-state index contributed by atoms with van der Waals surface area (Å²) in [5.41, 5.74) is 0. The molecule has 16 heavy (non-hydrogen) atoms. The average Bonchev–Trinajstić information content (AvgIpc) is 3.15. The van der Waals surface area contributed by atoms with Gasteiger partial charge < -0.3 is 0 Å². The Balaban J connectivity index is 1.48. The number of hydrogen-bond donors (Lipinski definition) is 0. The van der Waals surface area contributed by atoms with Gasteiger partial charge >= 0.3 is 0 Å². The maximum absolute atomic E-state index is 2.47. The highest BCUT2D eigenvalue weighted by molar-refractivity contribution is 5.18. The summed E-state index contributed by atoms with van der Waals surface area (Å²) in [6.45, 7) is 7.09. The van der Waals surface area contributed by atoms with Gasteiger partial charge in [0.05, 0.1) is 0 Å². The van der Waals surface area contributed by atoms with Crippen molar-refractivity contribution in [2.24, 2.45) is 29.6 Å². The van der Waals surface area contributed by atoms with Gasteiger partial charge in [-0.3, -0.25) is 0 Å². The number of rotatable bonds is 9. The Morgan fingerprint density at radius 2 is 1.56 bits per heavy atom. The zero-order valence-electron chi connectivity index (χ0n) is 11.5. The van der Waals surface area contributed by atoms with E-state index >= 15 is 0 Å². The van der Waals surface area contributed by atoms with E-state index in [0.29, 0.717) is 0 Å². The summed E-state index contributed by atoms with van der Waals surface area (Å²) in [5, 5.41) is 0. The van der Waals surface area contributed by atoms with Gasteiger partial charge in [0.25, 0.3) is 0 Å². The standard InChI is InChI=1S/C16H30/c1-4-6-8-10-13-15-14(16(13)15)11-12(3)9-7-5-2/h12-16H,4-11H2,1-3H3. The highest BCUT2D eigenvalue weighted by atomic mass is 14.8. The summed E-state index contributed by atoms with van der Waals surface area (Å²) in [7, 11) is 0. The van der Waals surface area contributed by atoms with Gasteiger partial charge in [0.1, 0.15) is 0 Å². The Morgan fingerprint density at radius 1 is 0.875 bits per heavy atom. The molecule has 2 saturated carbocycles. The monoisotopic (exact) mass is 222 g/mol. The predicted molar refractivity (Wildman–Crippen MR) is 71.4 cm³/mol. The summed E-state index contributed by atoms with van der Waals surface area (Å²) < 4.78 is 0. The second-order valence-corrected chi connectivity index (χ2v) is 6.46. The topological polar surface area (TPSA) is 0 Å². The zero-order valence-corrected chi connectivity index (χ0v) is 11.5. The number of fused-ring (bicyclic) bond motifs is 1. The normalized spacial score (nSPS) is 36.9. The third-order valence-corrected chi connectivity index (χ3v) is 5.01. The molecule has 2 fully saturated rings. The first kappa shape index (κ1) is 12.5. The molecule has 0 saturated heterocycles. The second kappa shape index (κ2) is 5.56. The maximum atomic E-state index is 2.47. The fourth-order valence-corrected chi connectivity index (χ4v) is 3.81. The Kier molecular flexibility index (Phi) is 4.33. The van der Waals surface area contributed by atoms with Crippen LogP contribution in [0.3, 0.4) is 0 Å². The fourth-order valence-electron chi connectivity index (χ4n) is 3.81. The lowest BCUT2D eigenvalue weighted by molar-refractivity contribution is 0.348. The molecule has 0 bridgehead atoms. The molecule has 0 nitrogen and oxygen atoms in total. The molecule has 0 heteroatoms. The lowest BCUT2D eigenvalue weighted by Gasteiger charge is -2.16. The zero-order chi connectivity index (χ0) is 11.5. The Bertz CT molecular complexity index is 198. The molecule has 0 radical (unpaired) electrons. The lowest BCUT2D eigenvalue weighted by Crippen LogP contribution is -2.06. The first-order chi connectivity index (χ1) is 7.79. The average molecular weight is 222 g/mol. The van der Waals surface area contributed by atoms with Gasteiger partial charge in [-0.25, -0.2) is 0 Å². The van der Waals surface area contributed by atoms with Gasteiger partial charge in [0, 0.05) is 0 Å². The SMILES string of the molecule is CCCCCC1C2C(CC(C)CCCC)C12. The molecule has 0 aliphatic heterocycles. The molecule has 0 heterocycles. The minimum Gasteiger partial charge on any atom is -0.0654 e. The van der Waals surface area contributed by atoms with Gasteiger partial charge in [-0.1, -0.05) is 59.3 Å².